The summed E-state index contributed by atoms with van der Waals surface area (Å²) in [6.07, 6.45) is 2.92. The van der Waals surface area contributed by atoms with E-state index in [1.807, 2.05) is 6.92 Å². The van der Waals surface area contributed by atoms with Gasteiger partial charge in [0.2, 0.25) is 11.6 Å². The summed E-state index contributed by atoms with van der Waals surface area (Å²) in [4.78, 5) is 22.9. The first-order chi connectivity index (χ1) is 8.58. The van der Waals surface area contributed by atoms with Gasteiger partial charge in [-0.3, -0.25) is 10.1 Å². The maximum absolute atomic E-state index is 10.9. The number of nitrogen functional groups attached to an aromatic ring is 1. The molecule has 0 saturated carbocycles. The van der Waals surface area contributed by atoms with E-state index in [9.17, 15) is 10.1 Å². The van der Waals surface area contributed by atoms with Gasteiger partial charge < -0.3 is 11.1 Å². The van der Waals surface area contributed by atoms with Gasteiger partial charge in [-0.1, -0.05) is 0 Å². The molecule has 2 aromatic heterocycles. The number of aromatic nitrogens is 3. The molecule has 9 heteroatoms. The lowest BCUT2D eigenvalue weighted by Gasteiger charge is -2.04. The smallest absolute Gasteiger partial charge is 0.352 e. The van der Waals surface area contributed by atoms with Crippen LogP contribution in [0.3, 0.4) is 0 Å². The number of hydrogen-bond donors (Lipinski definition) is 2. The average Bonchev–Trinajstić information content (AvgIpc) is 2.72. The zero-order valence-corrected chi connectivity index (χ0v) is 10.3. The minimum atomic E-state index is -0.606. The molecule has 2 aromatic rings. The van der Waals surface area contributed by atoms with Crippen LogP contribution in [0.15, 0.2) is 12.5 Å². The Kier molecular flexibility index (Phi) is 3.33. The molecular formula is C9H10N6O2S. The molecule has 0 unspecified atom stereocenters. The van der Waals surface area contributed by atoms with Crippen molar-refractivity contribution in [1.29, 1.82) is 0 Å². The highest BCUT2D eigenvalue weighted by molar-refractivity contribution is 7.11. The van der Waals surface area contributed by atoms with E-state index < -0.39 is 4.92 Å². The van der Waals surface area contributed by atoms with Gasteiger partial charge in [0.15, 0.2) is 0 Å². The molecule has 18 heavy (non-hydrogen) atoms. The van der Waals surface area contributed by atoms with Gasteiger partial charge >= 0.3 is 5.69 Å². The zero-order valence-electron chi connectivity index (χ0n) is 9.45. The summed E-state index contributed by atoms with van der Waals surface area (Å²) < 4.78 is 0. The van der Waals surface area contributed by atoms with Crippen molar-refractivity contribution in [3.8, 4) is 0 Å². The Labute approximate surface area is 106 Å². The van der Waals surface area contributed by atoms with E-state index in [1.165, 1.54) is 17.7 Å². The zero-order chi connectivity index (χ0) is 13.1. The van der Waals surface area contributed by atoms with Crippen molar-refractivity contribution in [2.75, 3.05) is 11.1 Å². The molecule has 8 nitrogen and oxygen atoms in total. The quantitative estimate of drug-likeness (QED) is 0.632. The van der Waals surface area contributed by atoms with Crippen molar-refractivity contribution in [3.05, 3.63) is 32.5 Å². The Balaban J connectivity index is 2.19. The minimum absolute atomic E-state index is 0.0975. The first-order valence-corrected chi connectivity index (χ1v) is 5.79. The number of anilines is 2. The largest absolute Gasteiger partial charge is 0.378 e. The van der Waals surface area contributed by atoms with Crippen LogP contribution in [0.4, 0.5) is 17.3 Å². The number of hydrogen-bond acceptors (Lipinski definition) is 8. The third-order valence-corrected chi connectivity index (χ3v) is 3.02. The lowest BCUT2D eigenvalue weighted by Crippen LogP contribution is -2.07. The number of nitrogens with two attached hydrogens (primary N) is 1. The van der Waals surface area contributed by atoms with Gasteiger partial charge in [-0.05, 0) is 6.92 Å². The highest BCUT2D eigenvalue weighted by Gasteiger charge is 2.20. The van der Waals surface area contributed by atoms with E-state index in [4.69, 9.17) is 5.73 Å². The van der Waals surface area contributed by atoms with E-state index in [0.717, 1.165) is 9.88 Å². The van der Waals surface area contributed by atoms with E-state index in [-0.39, 0.29) is 17.3 Å². The second-order valence-corrected chi connectivity index (χ2v) is 4.75. The first-order valence-electron chi connectivity index (χ1n) is 4.98. The molecule has 0 atom stereocenters. The van der Waals surface area contributed by atoms with Crippen LogP contribution in [-0.4, -0.2) is 19.9 Å². The number of thiazole rings is 1. The summed E-state index contributed by atoms with van der Waals surface area (Å²) in [6, 6.07) is 0. The molecule has 0 fully saturated rings. The van der Waals surface area contributed by atoms with Crippen LogP contribution in [0.1, 0.15) is 9.88 Å². The molecule has 0 saturated heterocycles. The number of nitrogens with zero attached hydrogens (tertiary/aromatic N) is 4. The molecule has 94 valence electrons. The normalized spacial score (nSPS) is 10.3. The van der Waals surface area contributed by atoms with E-state index in [0.29, 0.717) is 6.54 Å². The summed E-state index contributed by atoms with van der Waals surface area (Å²) in [5.41, 5.74) is 5.14. The summed E-state index contributed by atoms with van der Waals surface area (Å²) >= 11 is 1.51. The van der Waals surface area contributed by atoms with E-state index in [2.05, 4.69) is 20.3 Å². The first kappa shape index (κ1) is 12.2. The average molecular weight is 266 g/mol. The molecule has 2 rings (SSSR count). The van der Waals surface area contributed by atoms with Gasteiger partial charge in [0, 0.05) is 11.1 Å². The minimum Gasteiger partial charge on any atom is -0.378 e. The van der Waals surface area contributed by atoms with Gasteiger partial charge in [0.05, 0.1) is 11.5 Å². The second kappa shape index (κ2) is 4.92. The predicted octanol–water partition coefficient (Wildman–Crippen LogP) is 1.34. The van der Waals surface area contributed by atoms with Crippen molar-refractivity contribution in [2.45, 2.75) is 13.5 Å². The van der Waals surface area contributed by atoms with Gasteiger partial charge in [-0.25, -0.2) is 15.0 Å². The maximum atomic E-state index is 10.9. The Hall–Kier alpha value is -2.29. The fraction of sp³-hybridized carbons (Fsp3) is 0.222. The maximum Gasteiger partial charge on any atom is 0.352 e. The van der Waals surface area contributed by atoms with Crippen LogP contribution in [0, 0.1) is 17.0 Å². The fourth-order valence-corrected chi connectivity index (χ4v) is 2.07. The molecular weight excluding hydrogens is 256 g/mol. The molecule has 0 spiro atoms. The van der Waals surface area contributed by atoms with Gasteiger partial charge in [0.25, 0.3) is 0 Å². The van der Waals surface area contributed by atoms with E-state index in [1.54, 1.807) is 6.20 Å². The Morgan fingerprint density at radius 1 is 1.50 bits per heavy atom. The molecule has 0 radical (unpaired) electrons. The monoisotopic (exact) mass is 266 g/mol. The topological polar surface area (TPSA) is 120 Å². The van der Waals surface area contributed by atoms with E-state index >= 15 is 0 Å². The molecule has 3 N–H and O–H groups in total. The molecule has 0 aliphatic rings. The summed E-state index contributed by atoms with van der Waals surface area (Å²) in [7, 11) is 0. The third kappa shape index (κ3) is 2.51. The van der Waals surface area contributed by atoms with Crippen molar-refractivity contribution >= 4 is 28.7 Å². The summed E-state index contributed by atoms with van der Waals surface area (Å²) in [5, 5.41) is 14.5. The van der Waals surface area contributed by atoms with Crippen LogP contribution < -0.4 is 11.1 Å². The van der Waals surface area contributed by atoms with Crippen LogP contribution in [0.2, 0.25) is 0 Å². The molecule has 0 aliphatic heterocycles. The van der Waals surface area contributed by atoms with Crippen LogP contribution in [-0.2, 0) is 6.54 Å². The number of nitrogens with one attached hydrogen (secondary N) is 1. The molecule has 0 bridgehead atoms. The lowest BCUT2D eigenvalue weighted by molar-refractivity contribution is -0.383. The number of nitro groups is 1. The molecule has 0 aliphatic carbocycles. The predicted molar refractivity (Wildman–Crippen MR) is 67.3 cm³/mol. The second-order valence-electron chi connectivity index (χ2n) is 3.43. The Bertz CT molecular complexity index is 584. The number of aryl methyl sites for hydroxylation is 1. The van der Waals surface area contributed by atoms with Crippen molar-refractivity contribution in [2.24, 2.45) is 0 Å². The van der Waals surface area contributed by atoms with Crippen LogP contribution in [0.25, 0.3) is 0 Å². The van der Waals surface area contributed by atoms with Gasteiger partial charge in [-0.15, -0.1) is 11.3 Å². The van der Waals surface area contributed by atoms with Crippen LogP contribution >= 0.6 is 11.3 Å². The summed E-state index contributed by atoms with van der Waals surface area (Å²) in [6.45, 7) is 2.29. The van der Waals surface area contributed by atoms with Gasteiger partial charge in [-0.2, -0.15) is 0 Å². The highest BCUT2D eigenvalue weighted by Crippen LogP contribution is 2.26. The molecule has 0 amide bonds. The summed E-state index contributed by atoms with van der Waals surface area (Å²) in [5.74, 6) is -0.0619. The molecule has 2 heterocycles. The Morgan fingerprint density at radius 3 is 2.89 bits per heavy atom. The molecule has 0 aromatic carbocycles. The van der Waals surface area contributed by atoms with Crippen molar-refractivity contribution in [1.82, 2.24) is 15.0 Å². The highest BCUT2D eigenvalue weighted by atomic mass is 32.1. The SMILES string of the molecule is Cc1cnc(CNc2ncnc(N)c2[N+](=O)[O-])s1. The van der Waals surface area contributed by atoms with Crippen molar-refractivity contribution in [3.63, 3.8) is 0 Å². The van der Waals surface area contributed by atoms with Crippen molar-refractivity contribution < 1.29 is 4.92 Å². The Morgan fingerprint density at radius 2 is 2.28 bits per heavy atom. The fourth-order valence-electron chi connectivity index (χ4n) is 1.34. The van der Waals surface area contributed by atoms with Gasteiger partial charge in [0.1, 0.15) is 11.3 Å². The third-order valence-electron chi connectivity index (χ3n) is 2.11. The lowest BCUT2D eigenvalue weighted by atomic mass is 10.4. The number of rotatable bonds is 4. The standard InChI is InChI=1S/C9H10N6O2S/c1-5-2-11-6(18-5)3-12-9-7(15(16)17)8(10)13-4-14-9/h2,4H,3H2,1H3,(H3,10,12,13,14). The van der Waals surface area contributed by atoms with Crippen LogP contribution in [0.5, 0.6) is 0 Å².